The third-order valence-electron chi connectivity index (χ3n) is 2.07. The SMILES string of the molecule is O=[N+]([O-])c1cc([N+](=O)[O-])c(N=Nc2ccccc2)s1. The quantitative estimate of drug-likeness (QED) is 0.478. The van der Waals surface area contributed by atoms with Crippen molar-refractivity contribution in [2.24, 2.45) is 10.2 Å². The molecule has 2 aromatic rings. The molecule has 1 aromatic heterocycles. The molecule has 0 N–H and O–H groups in total. The fourth-order valence-electron chi connectivity index (χ4n) is 1.25. The Morgan fingerprint density at radius 2 is 1.68 bits per heavy atom. The molecule has 0 radical (unpaired) electrons. The van der Waals surface area contributed by atoms with E-state index >= 15 is 0 Å². The zero-order chi connectivity index (χ0) is 13.8. The molecule has 9 heteroatoms. The predicted molar refractivity (Wildman–Crippen MR) is 68.2 cm³/mol. The first-order valence-electron chi connectivity index (χ1n) is 4.97. The second kappa shape index (κ2) is 5.31. The molecule has 0 aliphatic rings. The highest BCUT2D eigenvalue weighted by atomic mass is 32.1. The van der Waals surface area contributed by atoms with Gasteiger partial charge in [-0.3, -0.25) is 20.2 Å². The molecule has 1 aromatic carbocycles. The van der Waals surface area contributed by atoms with Gasteiger partial charge in [-0.25, -0.2) is 0 Å². The van der Waals surface area contributed by atoms with E-state index in [9.17, 15) is 20.2 Å². The summed E-state index contributed by atoms with van der Waals surface area (Å²) in [6.07, 6.45) is 0. The lowest BCUT2D eigenvalue weighted by molar-refractivity contribution is -0.389. The molecule has 0 unspecified atom stereocenters. The minimum Gasteiger partial charge on any atom is -0.258 e. The summed E-state index contributed by atoms with van der Waals surface area (Å²) in [4.78, 5) is 19.9. The van der Waals surface area contributed by atoms with Crippen LogP contribution in [0.3, 0.4) is 0 Å². The number of nitrogens with zero attached hydrogens (tertiary/aromatic N) is 4. The van der Waals surface area contributed by atoms with E-state index in [-0.39, 0.29) is 10.0 Å². The van der Waals surface area contributed by atoms with Crippen molar-refractivity contribution in [3.8, 4) is 0 Å². The van der Waals surface area contributed by atoms with Gasteiger partial charge >= 0.3 is 10.7 Å². The number of benzene rings is 1. The topological polar surface area (TPSA) is 111 Å². The maximum atomic E-state index is 10.8. The van der Waals surface area contributed by atoms with E-state index in [1.54, 1.807) is 30.3 Å². The number of nitro groups is 2. The summed E-state index contributed by atoms with van der Waals surface area (Å²) in [7, 11) is 0. The van der Waals surface area contributed by atoms with Gasteiger partial charge in [0.25, 0.3) is 0 Å². The largest absolute Gasteiger partial charge is 0.333 e. The first kappa shape index (κ1) is 12.8. The van der Waals surface area contributed by atoms with Crippen LogP contribution in [0.1, 0.15) is 0 Å². The van der Waals surface area contributed by atoms with Crippen LogP contribution in [0, 0.1) is 20.2 Å². The Morgan fingerprint density at radius 3 is 2.26 bits per heavy atom. The fourth-order valence-corrected chi connectivity index (χ4v) is 2.01. The average Bonchev–Trinajstić information content (AvgIpc) is 2.82. The summed E-state index contributed by atoms with van der Waals surface area (Å²) in [5.41, 5.74) is 0.0873. The monoisotopic (exact) mass is 278 g/mol. The molecular weight excluding hydrogens is 272 g/mol. The summed E-state index contributed by atoms with van der Waals surface area (Å²) in [6.45, 7) is 0. The summed E-state index contributed by atoms with van der Waals surface area (Å²) in [6, 6.07) is 9.47. The minimum atomic E-state index is -0.719. The molecule has 1 heterocycles. The highest BCUT2D eigenvalue weighted by Crippen LogP contribution is 2.41. The van der Waals surface area contributed by atoms with Gasteiger partial charge in [0.05, 0.1) is 15.5 Å². The molecule has 0 saturated heterocycles. The number of rotatable bonds is 4. The number of hydrogen-bond acceptors (Lipinski definition) is 7. The highest BCUT2D eigenvalue weighted by molar-refractivity contribution is 7.19. The maximum absolute atomic E-state index is 10.8. The van der Waals surface area contributed by atoms with Gasteiger partial charge in [-0.2, -0.15) is 0 Å². The predicted octanol–water partition coefficient (Wildman–Crippen LogP) is 3.98. The second-order valence-corrected chi connectivity index (χ2v) is 4.33. The number of azo groups is 1. The van der Waals surface area contributed by atoms with E-state index in [1.807, 2.05) is 0 Å². The van der Waals surface area contributed by atoms with Crippen molar-refractivity contribution in [1.82, 2.24) is 0 Å². The van der Waals surface area contributed by atoms with Crippen molar-refractivity contribution < 1.29 is 9.85 Å². The zero-order valence-electron chi connectivity index (χ0n) is 9.29. The number of hydrogen-bond donors (Lipinski definition) is 0. The Balaban J connectivity index is 2.36. The molecular formula is C10H6N4O4S. The molecule has 0 aliphatic heterocycles. The van der Waals surface area contributed by atoms with Crippen LogP contribution in [0.5, 0.6) is 0 Å². The van der Waals surface area contributed by atoms with Gasteiger partial charge < -0.3 is 0 Å². The van der Waals surface area contributed by atoms with Gasteiger partial charge in [-0.1, -0.05) is 18.2 Å². The highest BCUT2D eigenvalue weighted by Gasteiger charge is 2.25. The lowest BCUT2D eigenvalue weighted by Crippen LogP contribution is -1.85. The van der Waals surface area contributed by atoms with Crippen LogP contribution < -0.4 is 0 Å². The van der Waals surface area contributed by atoms with Gasteiger partial charge in [0.15, 0.2) is 0 Å². The van der Waals surface area contributed by atoms with Crippen LogP contribution in [0.4, 0.5) is 21.4 Å². The summed E-state index contributed by atoms with van der Waals surface area (Å²) >= 11 is 0.614. The smallest absolute Gasteiger partial charge is 0.258 e. The summed E-state index contributed by atoms with van der Waals surface area (Å²) in [5.74, 6) is 0. The van der Waals surface area contributed by atoms with E-state index in [0.717, 1.165) is 6.07 Å². The molecule has 96 valence electrons. The molecule has 8 nitrogen and oxygen atoms in total. The van der Waals surface area contributed by atoms with Crippen molar-refractivity contribution in [3.63, 3.8) is 0 Å². The van der Waals surface area contributed by atoms with Gasteiger partial charge in [0.2, 0.25) is 5.00 Å². The molecule has 0 saturated carbocycles. The molecule has 0 fully saturated rings. The van der Waals surface area contributed by atoms with E-state index in [2.05, 4.69) is 10.2 Å². The molecule has 19 heavy (non-hydrogen) atoms. The summed E-state index contributed by atoms with van der Waals surface area (Å²) < 4.78 is 0. The van der Waals surface area contributed by atoms with E-state index in [1.165, 1.54) is 0 Å². The van der Waals surface area contributed by atoms with Crippen molar-refractivity contribution in [1.29, 1.82) is 0 Å². The molecule has 0 aliphatic carbocycles. The van der Waals surface area contributed by atoms with Crippen LogP contribution in [0.2, 0.25) is 0 Å². The van der Waals surface area contributed by atoms with Crippen molar-refractivity contribution >= 4 is 32.7 Å². The second-order valence-electron chi connectivity index (χ2n) is 3.32. The van der Waals surface area contributed by atoms with Crippen LogP contribution in [-0.4, -0.2) is 9.85 Å². The Hall–Kier alpha value is -2.68. The first-order chi connectivity index (χ1) is 9.08. The van der Waals surface area contributed by atoms with Crippen molar-refractivity contribution in [3.05, 3.63) is 56.6 Å². The van der Waals surface area contributed by atoms with Gasteiger partial charge in [0, 0.05) is 0 Å². The molecule has 0 bridgehead atoms. The molecule has 2 rings (SSSR count). The third kappa shape index (κ3) is 2.96. The molecule has 0 amide bonds. The van der Waals surface area contributed by atoms with E-state index in [0.29, 0.717) is 17.0 Å². The standard InChI is InChI=1S/C10H6N4O4S/c15-13(16)8-6-9(14(17)18)19-10(8)12-11-7-4-2-1-3-5-7/h1-6H. The van der Waals surface area contributed by atoms with Crippen LogP contribution >= 0.6 is 11.3 Å². The maximum Gasteiger partial charge on any atom is 0.333 e. The van der Waals surface area contributed by atoms with Gasteiger partial charge in [0.1, 0.15) is 6.07 Å². The lowest BCUT2D eigenvalue weighted by atomic mass is 10.3. The Morgan fingerprint density at radius 1 is 1.00 bits per heavy atom. The van der Waals surface area contributed by atoms with Gasteiger partial charge in [-0.15, -0.1) is 10.2 Å². The van der Waals surface area contributed by atoms with E-state index in [4.69, 9.17) is 0 Å². The Bertz CT molecular complexity index is 653. The van der Waals surface area contributed by atoms with Crippen molar-refractivity contribution in [2.45, 2.75) is 0 Å². The molecule has 0 spiro atoms. The lowest BCUT2D eigenvalue weighted by Gasteiger charge is -1.89. The molecule has 0 atom stereocenters. The normalized spacial score (nSPS) is 10.7. The first-order valence-corrected chi connectivity index (χ1v) is 5.79. The number of thiophene rings is 1. The van der Waals surface area contributed by atoms with Crippen LogP contribution in [-0.2, 0) is 0 Å². The van der Waals surface area contributed by atoms with Crippen molar-refractivity contribution in [2.75, 3.05) is 0 Å². The van der Waals surface area contributed by atoms with Crippen LogP contribution in [0.15, 0.2) is 46.6 Å². The minimum absolute atomic E-state index is 0.0967. The van der Waals surface area contributed by atoms with Gasteiger partial charge in [-0.05, 0) is 23.5 Å². The third-order valence-corrected chi connectivity index (χ3v) is 3.03. The van der Waals surface area contributed by atoms with E-state index < -0.39 is 15.5 Å². The summed E-state index contributed by atoms with van der Waals surface area (Å²) in [5, 5.41) is 28.4. The average molecular weight is 278 g/mol. The fraction of sp³-hybridized carbons (Fsp3) is 0. The van der Waals surface area contributed by atoms with Crippen LogP contribution in [0.25, 0.3) is 0 Å². The zero-order valence-corrected chi connectivity index (χ0v) is 10.1. The Kier molecular flexibility index (Phi) is 3.57. The Labute approximate surface area is 110 Å².